The monoisotopic (exact) mass is 177 g/mol. The second-order valence-electron chi connectivity index (χ2n) is 4.16. The van der Waals surface area contributed by atoms with E-state index in [1.807, 2.05) is 0 Å². The van der Waals surface area contributed by atoms with Gasteiger partial charge in [-0.25, -0.2) is 0 Å². The first-order valence-electron chi connectivity index (χ1n) is 4.43. The van der Waals surface area contributed by atoms with E-state index in [0.717, 1.165) is 6.42 Å². The largest absolute Gasteiger partial charge is 0.0779 e. The van der Waals surface area contributed by atoms with E-state index in [-0.39, 0.29) is 0 Å². The van der Waals surface area contributed by atoms with E-state index in [9.17, 15) is 0 Å². The number of benzene rings is 1. The van der Waals surface area contributed by atoms with E-state index in [1.54, 1.807) is 5.19 Å². The molecule has 0 bridgehead atoms. The van der Waals surface area contributed by atoms with Gasteiger partial charge in [0.05, 0.1) is 8.07 Å². The standard InChI is InChI=1S/C11H17Si/c1-5-10-8-6-7-9-11(10)12(2,3)4/h6-9H,1,5H2,2-4H3. The zero-order chi connectivity index (χ0) is 9.19. The molecule has 0 nitrogen and oxygen atoms in total. The number of rotatable bonds is 2. The Morgan fingerprint density at radius 3 is 2.17 bits per heavy atom. The molecule has 0 aromatic heterocycles. The summed E-state index contributed by atoms with van der Waals surface area (Å²) in [7, 11) is -1.14. The summed E-state index contributed by atoms with van der Waals surface area (Å²) < 4.78 is 0. The third-order valence-corrected chi connectivity index (χ3v) is 4.20. The number of hydrogen-bond donors (Lipinski definition) is 0. The summed E-state index contributed by atoms with van der Waals surface area (Å²) in [5.74, 6) is 0. The molecule has 0 saturated carbocycles. The molecular formula is C11H17Si. The summed E-state index contributed by atoms with van der Waals surface area (Å²) in [5, 5.41) is 1.56. The van der Waals surface area contributed by atoms with E-state index in [1.165, 1.54) is 5.56 Å². The molecule has 0 amide bonds. The Hall–Kier alpha value is -0.563. The van der Waals surface area contributed by atoms with Crippen molar-refractivity contribution in [2.24, 2.45) is 0 Å². The topological polar surface area (TPSA) is 0 Å². The predicted octanol–water partition coefficient (Wildman–Crippen LogP) is 2.61. The Balaban J connectivity index is 3.14. The molecule has 1 aromatic rings. The van der Waals surface area contributed by atoms with Crippen LogP contribution in [-0.2, 0) is 6.42 Å². The molecule has 0 spiro atoms. The van der Waals surface area contributed by atoms with Gasteiger partial charge >= 0.3 is 0 Å². The van der Waals surface area contributed by atoms with Gasteiger partial charge in [0, 0.05) is 0 Å². The van der Waals surface area contributed by atoms with E-state index < -0.39 is 8.07 Å². The van der Waals surface area contributed by atoms with Crippen LogP contribution in [0.5, 0.6) is 0 Å². The molecule has 0 saturated heterocycles. The van der Waals surface area contributed by atoms with Crippen molar-refractivity contribution >= 4 is 13.3 Å². The third kappa shape index (κ3) is 1.98. The molecule has 65 valence electrons. The van der Waals surface area contributed by atoms with E-state index in [2.05, 4.69) is 50.8 Å². The molecule has 0 fully saturated rings. The highest BCUT2D eigenvalue weighted by molar-refractivity contribution is 6.89. The highest BCUT2D eigenvalue weighted by Crippen LogP contribution is 2.07. The van der Waals surface area contributed by atoms with Crippen molar-refractivity contribution in [3.05, 3.63) is 36.8 Å². The Morgan fingerprint density at radius 2 is 1.75 bits per heavy atom. The van der Waals surface area contributed by atoms with Crippen LogP contribution in [0.15, 0.2) is 24.3 Å². The van der Waals surface area contributed by atoms with Crippen LogP contribution in [0.1, 0.15) is 5.56 Å². The van der Waals surface area contributed by atoms with Crippen molar-refractivity contribution in [2.45, 2.75) is 26.1 Å². The molecule has 1 heteroatoms. The fourth-order valence-electron chi connectivity index (χ4n) is 1.47. The van der Waals surface area contributed by atoms with Crippen LogP contribution in [0, 0.1) is 6.92 Å². The normalized spacial score (nSPS) is 11.7. The van der Waals surface area contributed by atoms with Gasteiger partial charge in [-0.2, -0.15) is 0 Å². The lowest BCUT2D eigenvalue weighted by atomic mass is 10.2. The van der Waals surface area contributed by atoms with Crippen LogP contribution in [0.3, 0.4) is 0 Å². The van der Waals surface area contributed by atoms with Crippen molar-refractivity contribution in [2.75, 3.05) is 0 Å². The van der Waals surface area contributed by atoms with Gasteiger partial charge in [0.2, 0.25) is 0 Å². The van der Waals surface area contributed by atoms with Crippen LogP contribution in [0.4, 0.5) is 0 Å². The van der Waals surface area contributed by atoms with E-state index in [4.69, 9.17) is 0 Å². The van der Waals surface area contributed by atoms with Crippen molar-refractivity contribution in [1.82, 2.24) is 0 Å². The van der Waals surface area contributed by atoms with Crippen molar-refractivity contribution in [1.29, 1.82) is 0 Å². The Bertz CT molecular complexity index is 258. The molecular weight excluding hydrogens is 160 g/mol. The molecule has 0 N–H and O–H groups in total. The Labute approximate surface area is 76.6 Å². The van der Waals surface area contributed by atoms with Crippen LogP contribution >= 0.6 is 0 Å². The lowest BCUT2D eigenvalue weighted by Gasteiger charge is -2.20. The first-order valence-corrected chi connectivity index (χ1v) is 7.93. The molecule has 1 aromatic carbocycles. The van der Waals surface area contributed by atoms with Gasteiger partial charge in [0.15, 0.2) is 0 Å². The Morgan fingerprint density at radius 1 is 1.17 bits per heavy atom. The molecule has 1 radical (unpaired) electrons. The van der Waals surface area contributed by atoms with Crippen molar-refractivity contribution in [3.8, 4) is 0 Å². The summed E-state index contributed by atoms with van der Waals surface area (Å²) in [6.45, 7) is 11.1. The van der Waals surface area contributed by atoms with Gasteiger partial charge in [-0.15, -0.1) is 0 Å². The second-order valence-corrected chi connectivity index (χ2v) is 9.20. The highest BCUT2D eigenvalue weighted by atomic mass is 28.3. The minimum absolute atomic E-state index is 0.917. The summed E-state index contributed by atoms with van der Waals surface area (Å²) in [6, 6.07) is 8.68. The smallest absolute Gasteiger partial charge is 0.0656 e. The SMILES string of the molecule is [CH2]Cc1ccccc1[Si](C)(C)C. The average molecular weight is 177 g/mol. The van der Waals surface area contributed by atoms with Gasteiger partial charge in [-0.3, -0.25) is 0 Å². The summed E-state index contributed by atoms with van der Waals surface area (Å²) in [4.78, 5) is 0. The Kier molecular flexibility index (Phi) is 2.73. The van der Waals surface area contributed by atoms with Gasteiger partial charge in [0.1, 0.15) is 0 Å². The molecule has 0 aliphatic rings. The molecule has 0 atom stereocenters. The number of hydrogen-bond acceptors (Lipinski definition) is 0. The fourth-order valence-corrected chi connectivity index (χ4v) is 3.24. The first-order chi connectivity index (χ1) is 5.55. The summed E-state index contributed by atoms with van der Waals surface area (Å²) in [6.07, 6.45) is 0.917. The molecule has 0 unspecified atom stereocenters. The van der Waals surface area contributed by atoms with Crippen molar-refractivity contribution in [3.63, 3.8) is 0 Å². The zero-order valence-electron chi connectivity index (χ0n) is 8.22. The maximum Gasteiger partial charge on any atom is 0.0779 e. The lowest BCUT2D eigenvalue weighted by molar-refractivity contribution is 1.29. The van der Waals surface area contributed by atoms with Crippen molar-refractivity contribution < 1.29 is 0 Å². The lowest BCUT2D eigenvalue weighted by Crippen LogP contribution is -2.39. The molecule has 1 rings (SSSR count). The molecule has 0 aliphatic carbocycles. The third-order valence-electron chi connectivity index (χ3n) is 2.09. The second kappa shape index (κ2) is 3.44. The van der Waals surface area contributed by atoms with Gasteiger partial charge in [0.25, 0.3) is 0 Å². The van der Waals surface area contributed by atoms with Crippen LogP contribution < -0.4 is 5.19 Å². The van der Waals surface area contributed by atoms with Gasteiger partial charge in [-0.05, 0) is 18.9 Å². The van der Waals surface area contributed by atoms with E-state index >= 15 is 0 Å². The van der Waals surface area contributed by atoms with Crippen LogP contribution in [-0.4, -0.2) is 8.07 Å². The highest BCUT2D eigenvalue weighted by Gasteiger charge is 2.18. The van der Waals surface area contributed by atoms with Gasteiger partial charge < -0.3 is 0 Å². The summed E-state index contributed by atoms with van der Waals surface area (Å²) in [5.41, 5.74) is 1.43. The minimum Gasteiger partial charge on any atom is -0.0656 e. The average Bonchev–Trinajstić information content (AvgIpc) is 2.03. The van der Waals surface area contributed by atoms with Crippen LogP contribution in [0.2, 0.25) is 19.6 Å². The van der Waals surface area contributed by atoms with Gasteiger partial charge in [-0.1, -0.05) is 49.1 Å². The predicted molar refractivity (Wildman–Crippen MR) is 58.5 cm³/mol. The molecule has 0 aliphatic heterocycles. The molecule has 0 heterocycles. The fraction of sp³-hybridized carbons (Fsp3) is 0.364. The summed E-state index contributed by atoms with van der Waals surface area (Å²) >= 11 is 0. The molecule has 12 heavy (non-hydrogen) atoms. The van der Waals surface area contributed by atoms with Crippen LogP contribution in [0.25, 0.3) is 0 Å². The van der Waals surface area contributed by atoms with E-state index in [0.29, 0.717) is 0 Å². The maximum atomic E-state index is 3.95. The first kappa shape index (κ1) is 9.52. The zero-order valence-corrected chi connectivity index (χ0v) is 9.22. The quantitative estimate of drug-likeness (QED) is 0.609. The minimum atomic E-state index is -1.14. The maximum absolute atomic E-state index is 3.95.